The van der Waals surface area contributed by atoms with Crippen LogP contribution in [0, 0.1) is 0 Å². The van der Waals surface area contributed by atoms with E-state index in [4.69, 9.17) is 11.6 Å². The van der Waals surface area contributed by atoms with Gasteiger partial charge < -0.3 is 10.2 Å². The summed E-state index contributed by atoms with van der Waals surface area (Å²) in [6, 6.07) is 29.8. The van der Waals surface area contributed by atoms with E-state index in [0.29, 0.717) is 23.7 Å². The number of pyridine rings is 1. The van der Waals surface area contributed by atoms with Gasteiger partial charge >= 0.3 is 0 Å². The van der Waals surface area contributed by atoms with E-state index < -0.39 is 0 Å². The fraction of sp³-hybridized carbons (Fsp3) is 0.107. The van der Waals surface area contributed by atoms with Crippen molar-refractivity contribution in [2.75, 3.05) is 4.90 Å². The van der Waals surface area contributed by atoms with Crippen molar-refractivity contribution < 1.29 is 9.59 Å². The molecule has 0 atom stereocenters. The summed E-state index contributed by atoms with van der Waals surface area (Å²) < 4.78 is 0. The van der Waals surface area contributed by atoms with Crippen LogP contribution in [0.5, 0.6) is 0 Å². The Morgan fingerprint density at radius 3 is 2.18 bits per heavy atom. The summed E-state index contributed by atoms with van der Waals surface area (Å²) in [7, 11) is 0. The highest BCUT2D eigenvalue weighted by atomic mass is 35.5. The van der Waals surface area contributed by atoms with Gasteiger partial charge in [0.15, 0.2) is 0 Å². The van der Waals surface area contributed by atoms with E-state index in [-0.39, 0.29) is 18.2 Å². The molecule has 4 rings (SSSR count). The lowest BCUT2D eigenvalue weighted by molar-refractivity contribution is -0.120. The van der Waals surface area contributed by atoms with Gasteiger partial charge in [-0.05, 0) is 59.7 Å². The van der Waals surface area contributed by atoms with Crippen LogP contribution < -0.4 is 10.2 Å². The second-order valence-electron chi connectivity index (χ2n) is 7.82. The van der Waals surface area contributed by atoms with Crippen molar-refractivity contribution in [3.8, 4) is 0 Å². The van der Waals surface area contributed by atoms with Crippen LogP contribution >= 0.6 is 11.6 Å². The highest BCUT2D eigenvalue weighted by molar-refractivity contribution is 6.30. The van der Waals surface area contributed by atoms with Crippen LogP contribution in [-0.4, -0.2) is 16.8 Å². The number of carbonyl (C=O) groups is 2. The van der Waals surface area contributed by atoms with Gasteiger partial charge in [-0.3, -0.25) is 14.6 Å². The van der Waals surface area contributed by atoms with E-state index in [9.17, 15) is 9.59 Å². The van der Waals surface area contributed by atoms with E-state index >= 15 is 0 Å². The molecule has 0 saturated carbocycles. The van der Waals surface area contributed by atoms with Crippen LogP contribution in [-0.2, 0) is 24.3 Å². The maximum Gasteiger partial charge on any atom is 0.258 e. The number of nitrogens with zero attached hydrogens (tertiary/aromatic N) is 2. The van der Waals surface area contributed by atoms with Crippen molar-refractivity contribution in [1.82, 2.24) is 10.3 Å². The molecule has 5 nitrogen and oxygen atoms in total. The molecular formula is C28H24ClN3O2. The summed E-state index contributed by atoms with van der Waals surface area (Å²) in [5, 5.41) is 3.47. The number of carbonyl (C=O) groups excluding carboxylic acids is 2. The topological polar surface area (TPSA) is 62.3 Å². The molecule has 0 spiro atoms. The van der Waals surface area contributed by atoms with Gasteiger partial charge in [-0.25, -0.2) is 0 Å². The first-order valence-corrected chi connectivity index (χ1v) is 11.3. The quantitative estimate of drug-likeness (QED) is 0.373. The fourth-order valence-electron chi connectivity index (χ4n) is 3.53. The Labute approximate surface area is 204 Å². The van der Waals surface area contributed by atoms with Gasteiger partial charge in [0.25, 0.3) is 5.91 Å². The molecule has 6 heteroatoms. The van der Waals surface area contributed by atoms with Crippen molar-refractivity contribution in [2.24, 2.45) is 0 Å². The van der Waals surface area contributed by atoms with Crippen LogP contribution in [0.4, 0.5) is 5.69 Å². The zero-order chi connectivity index (χ0) is 23.8. The van der Waals surface area contributed by atoms with Crippen LogP contribution in [0.15, 0.2) is 103 Å². The number of rotatable bonds is 8. The number of amides is 2. The Kier molecular flexibility index (Phi) is 7.68. The summed E-state index contributed by atoms with van der Waals surface area (Å²) in [6.45, 7) is 0.810. The monoisotopic (exact) mass is 469 g/mol. The zero-order valence-electron chi connectivity index (χ0n) is 18.5. The third kappa shape index (κ3) is 6.30. The van der Waals surface area contributed by atoms with E-state index in [1.165, 1.54) is 0 Å². The standard InChI is InChI=1S/C28H24ClN3O2/c29-24-13-11-23(12-14-24)28(34)32(20-22-6-2-1-3-7-22)26-15-9-21(10-16-26)18-27(33)31-19-25-8-4-5-17-30-25/h1-17H,18-20H2,(H,31,33). The Balaban J connectivity index is 1.48. The van der Waals surface area contributed by atoms with Crippen molar-refractivity contribution in [1.29, 1.82) is 0 Å². The maximum atomic E-state index is 13.4. The smallest absolute Gasteiger partial charge is 0.258 e. The average Bonchev–Trinajstić information content (AvgIpc) is 2.88. The number of halogens is 1. The third-order valence-electron chi connectivity index (χ3n) is 5.33. The molecule has 0 radical (unpaired) electrons. The van der Waals surface area contributed by atoms with Crippen molar-refractivity contribution in [2.45, 2.75) is 19.5 Å². The van der Waals surface area contributed by atoms with Gasteiger partial charge in [0.05, 0.1) is 25.2 Å². The molecule has 0 saturated heterocycles. The molecule has 0 aliphatic heterocycles. The molecule has 0 aliphatic rings. The molecule has 4 aromatic rings. The third-order valence-corrected chi connectivity index (χ3v) is 5.58. The van der Waals surface area contributed by atoms with E-state index in [1.807, 2.05) is 72.8 Å². The minimum Gasteiger partial charge on any atom is -0.350 e. The molecule has 34 heavy (non-hydrogen) atoms. The lowest BCUT2D eigenvalue weighted by atomic mass is 10.1. The highest BCUT2D eigenvalue weighted by Gasteiger charge is 2.18. The molecular weight excluding hydrogens is 446 g/mol. The normalized spacial score (nSPS) is 10.5. The van der Waals surface area contributed by atoms with Gasteiger partial charge in [-0.2, -0.15) is 0 Å². The lowest BCUT2D eigenvalue weighted by Gasteiger charge is -2.23. The highest BCUT2D eigenvalue weighted by Crippen LogP contribution is 2.22. The minimum absolute atomic E-state index is 0.0863. The van der Waals surface area contributed by atoms with Crippen LogP contribution in [0.2, 0.25) is 5.02 Å². The average molecular weight is 470 g/mol. The molecule has 0 unspecified atom stereocenters. The molecule has 0 bridgehead atoms. The second-order valence-corrected chi connectivity index (χ2v) is 8.26. The zero-order valence-corrected chi connectivity index (χ0v) is 19.3. The molecule has 170 valence electrons. The second kappa shape index (κ2) is 11.3. The summed E-state index contributed by atoms with van der Waals surface area (Å²) >= 11 is 6.00. The van der Waals surface area contributed by atoms with Crippen LogP contribution in [0.25, 0.3) is 0 Å². The lowest BCUT2D eigenvalue weighted by Crippen LogP contribution is -2.30. The Bertz CT molecular complexity index is 1230. The fourth-order valence-corrected chi connectivity index (χ4v) is 3.65. The van der Waals surface area contributed by atoms with Crippen molar-refractivity contribution in [3.63, 3.8) is 0 Å². The number of benzene rings is 3. The largest absolute Gasteiger partial charge is 0.350 e. The van der Waals surface area contributed by atoms with Crippen molar-refractivity contribution >= 4 is 29.1 Å². The van der Waals surface area contributed by atoms with Gasteiger partial charge in [0.2, 0.25) is 5.91 Å². The number of hydrogen-bond acceptors (Lipinski definition) is 3. The van der Waals surface area contributed by atoms with Gasteiger partial charge in [0, 0.05) is 22.5 Å². The number of anilines is 1. The van der Waals surface area contributed by atoms with Gasteiger partial charge in [-0.15, -0.1) is 0 Å². The van der Waals surface area contributed by atoms with E-state index in [1.54, 1.807) is 35.4 Å². The van der Waals surface area contributed by atoms with Crippen LogP contribution in [0.1, 0.15) is 27.2 Å². The van der Waals surface area contributed by atoms with E-state index in [0.717, 1.165) is 22.5 Å². The van der Waals surface area contributed by atoms with E-state index in [2.05, 4.69) is 10.3 Å². The summed E-state index contributed by atoms with van der Waals surface area (Å²) in [4.78, 5) is 31.6. The molecule has 0 aliphatic carbocycles. The number of aromatic nitrogens is 1. The van der Waals surface area contributed by atoms with Gasteiger partial charge in [-0.1, -0.05) is 60.1 Å². The molecule has 1 N–H and O–H groups in total. The summed E-state index contributed by atoms with van der Waals surface area (Å²) in [5.74, 6) is -0.210. The first-order chi connectivity index (χ1) is 16.6. The van der Waals surface area contributed by atoms with Gasteiger partial charge in [0.1, 0.15) is 0 Å². The number of nitrogens with one attached hydrogen (secondary N) is 1. The Morgan fingerprint density at radius 1 is 0.794 bits per heavy atom. The molecule has 1 heterocycles. The molecule has 0 fully saturated rings. The SMILES string of the molecule is O=C(Cc1ccc(N(Cc2ccccc2)C(=O)c2ccc(Cl)cc2)cc1)NCc1ccccn1. The first-order valence-electron chi connectivity index (χ1n) is 11.0. The summed E-state index contributed by atoms with van der Waals surface area (Å²) in [6.07, 6.45) is 1.95. The van der Waals surface area contributed by atoms with Crippen LogP contribution in [0.3, 0.4) is 0 Å². The summed E-state index contributed by atoms with van der Waals surface area (Å²) in [5.41, 5.74) is 3.99. The molecule has 2 amide bonds. The number of hydrogen-bond donors (Lipinski definition) is 1. The minimum atomic E-state index is -0.124. The predicted octanol–water partition coefficient (Wildman–Crippen LogP) is 5.44. The first kappa shape index (κ1) is 23.2. The predicted molar refractivity (Wildman–Crippen MR) is 135 cm³/mol. The Morgan fingerprint density at radius 2 is 1.50 bits per heavy atom. The molecule has 1 aromatic heterocycles. The molecule has 3 aromatic carbocycles. The maximum absolute atomic E-state index is 13.4. The van der Waals surface area contributed by atoms with Crippen molar-refractivity contribution in [3.05, 3.63) is 131 Å². The Hall–Kier alpha value is -3.96.